The zero-order valence-electron chi connectivity index (χ0n) is 14.3. The Morgan fingerprint density at radius 3 is 2.68 bits per heavy atom. The van der Waals surface area contributed by atoms with E-state index in [2.05, 4.69) is 25.9 Å². The smallest absolute Gasteiger partial charge is 0.342 e. The molecule has 0 aliphatic carbocycles. The quantitative estimate of drug-likeness (QED) is 0.554. The molecule has 0 aliphatic rings. The highest BCUT2D eigenvalue weighted by Crippen LogP contribution is 2.32. The number of hydrogen-bond acceptors (Lipinski definition) is 7. The van der Waals surface area contributed by atoms with Crippen molar-refractivity contribution >= 4 is 27.8 Å². The molecule has 0 bridgehead atoms. The Labute approximate surface area is 154 Å². The normalized spacial score (nSPS) is 10.6. The van der Waals surface area contributed by atoms with Gasteiger partial charge in [-0.3, -0.25) is 0 Å². The number of aromatic nitrogens is 2. The van der Waals surface area contributed by atoms with Gasteiger partial charge in [-0.2, -0.15) is 0 Å². The fourth-order valence-electron chi connectivity index (χ4n) is 2.25. The highest BCUT2D eigenvalue weighted by molar-refractivity contribution is 9.10. The van der Waals surface area contributed by atoms with Gasteiger partial charge in [-0.05, 0) is 48.0 Å². The van der Waals surface area contributed by atoms with Gasteiger partial charge in [0.2, 0.25) is 5.95 Å². The van der Waals surface area contributed by atoms with Crippen molar-refractivity contribution in [3.8, 4) is 17.0 Å². The van der Waals surface area contributed by atoms with Crippen LogP contribution in [0.4, 0.5) is 5.95 Å². The number of aryl methyl sites for hydroxylation is 1. The molecule has 1 aromatic carbocycles. The van der Waals surface area contributed by atoms with Crippen LogP contribution in [-0.4, -0.2) is 42.9 Å². The Morgan fingerprint density at radius 1 is 1.28 bits per heavy atom. The predicted molar refractivity (Wildman–Crippen MR) is 97.6 cm³/mol. The molecule has 0 amide bonds. The van der Waals surface area contributed by atoms with Gasteiger partial charge in [0.1, 0.15) is 17.9 Å². The molecule has 8 heteroatoms. The molecule has 2 aromatic rings. The fraction of sp³-hybridized carbons (Fsp3) is 0.353. The average molecular weight is 410 g/mol. The fourth-order valence-corrected chi connectivity index (χ4v) is 2.74. The number of nitrogens with two attached hydrogens (primary N) is 1. The summed E-state index contributed by atoms with van der Waals surface area (Å²) in [4.78, 5) is 20.6. The lowest BCUT2D eigenvalue weighted by Gasteiger charge is -2.13. The number of esters is 1. The summed E-state index contributed by atoms with van der Waals surface area (Å²) in [6, 6.07) is 5.40. The lowest BCUT2D eigenvalue weighted by Crippen LogP contribution is -2.13. The Bertz CT molecular complexity index is 768. The van der Waals surface area contributed by atoms with E-state index >= 15 is 0 Å². The molecule has 0 spiro atoms. The van der Waals surface area contributed by atoms with Crippen molar-refractivity contribution in [2.75, 3.05) is 32.7 Å². The van der Waals surface area contributed by atoms with E-state index in [4.69, 9.17) is 19.9 Å². The Morgan fingerprint density at radius 2 is 2.04 bits per heavy atom. The van der Waals surface area contributed by atoms with Crippen LogP contribution in [0.5, 0.6) is 5.75 Å². The predicted octanol–water partition coefficient (Wildman–Crippen LogP) is 3.00. The van der Waals surface area contributed by atoms with Gasteiger partial charge in [-0.25, -0.2) is 14.8 Å². The molecule has 0 saturated heterocycles. The number of ether oxygens (including phenoxy) is 3. The molecular weight excluding hydrogens is 390 g/mol. The molecule has 0 unspecified atom stereocenters. The van der Waals surface area contributed by atoms with Gasteiger partial charge in [-0.15, -0.1) is 0 Å². The van der Waals surface area contributed by atoms with E-state index in [-0.39, 0.29) is 12.6 Å². The second-order valence-electron chi connectivity index (χ2n) is 5.10. The van der Waals surface area contributed by atoms with E-state index in [1.807, 2.05) is 6.07 Å². The second-order valence-corrected chi connectivity index (χ2v) is 5.95. The van der Waals surface area contributed by atoms with Crippen LogP contribution in [0.15, 0.2) is 22.7 Å². The number of carbonyl (C=O) groups is 1. The maximum Gasteiger partial charge on any atom is 0.342 e. The van der Waals surface area contributed by atoms with E-state index in [1.165, 1.54) is 0 Å². The molecule has 134 valence electrons. The summed E-state index contributed by atoms with van der Waals surface area (Å²) >= 11 is 3.47. The van der Waals surface area contributed by atoms with Crippen molar-refractivity contribution in [1.82, 2.24) is 9.97 Å². The summed E-state index contributed by atoms with van der Waals surface area (Å²) in [5.74, 6) is 0.279. The van der Waals surface area contributed by atoms with Gasteiger partial charge < -0.3 is 19.9 Å². The molecule has 25 heavy (non-hydrogen) atoms. The topological polar surface area (TPSA) is 96.6 Å². The summed E-state index contributed by atoms with van der Waals surface area (Å²) < 4.78 is 16.4. The van der Waals surface area contributed by atoms with Gasteiger partial charge in [0.25, 0.3) is 0 Å². The van der Waals surface area contributed by atoms with Gasteiger partial charge in [-0.1, -0.05) is 0 Å². The van der Waals surface area contributed by atoms with E-state index in [1.54, 1.807) is 33.1 Å². The lowest BCUT2D eigenvalue weighted by molar-refractivity contribution is 0.0525. The van der Waals surface area contributed by atoms with Crippen molar-refractivity contribution in [3.63, 3.8) is 0 Å². The van der Waals surface area contributed by atoms with Crippen LogP contribution in [0, 0.1) is 6.92 Å². The van der Waals surface area contributed by atoms with Crippen LogP contribution in [-0.2, 0) is 9.47 Å². The summed E-state index contributed by atoms with van der Waals surface area (Å²) in [5.41, 5.74) is 7.66. The minimum atomic E-state index is -0.480. The van der Waals surface area contributed by atoms with E-state index in [0.717, 1.165) is 4.47 Å². The van der Waals surface area contributed by atoms with Gasteiger partial charge in [0.15, 0.2) is 0 Å². The van der Waals surface area contributed by atoms with Gasteiger partial charge >= 0.3 is 5.97 Å². The third-order valence-electron chi connectivity index (χ3n) is 3.34. The molecule has 0 atom stereocenters. The molecule has 2 rings (SSSR count). The lowest BCUT2D eigenvalue weighted by atomic mass is 10.0. The Balaban J connectivity index is 2.44. The zero-order chi connectivity index (χ0) is 18.4. The molecule has 1 aromatic heterocycles. The third kappa shape index (κ3) is 4.67. The van der Waals surface area contributed by atoms with Crippen LogP contribution >= 0.6 is 15.9 Å². The van der Waals surface area contributed by atoms with Crippen LogP contribution in [0.25, 0.3) is 11.3 Å². The Kier molecular flexibility index (Phi) is 6.72. The van der Waals surface area contributed by atoms with Crippen molar-refractivity contribution in [2.24, 2.45) is 0 Å². The maximum absolute atomic E-state index is 12.3. The molecule has 0 aliphatic heterocycles. The standard InChI is InChI=1S/C17H20BrN3O4/c1-4-24-16(22)14-10(2)20-17(19)21-15(14)11-5-6-13(12(18)9-11)25-8-7-23-3/h5-6,9H,4,7-8H2,1-3H3,(H2,19,20,21). The zero-order valence-corrected chi connectivity index (χ0v) is 15.9. The molecular formula is C17H20BrN3O4. The molecule has 0 fully saturated rings. The summed E-state index contributed by atoms with van der Waals surface area (Å²) in [7, 11) is 1.61. The number of nitrogens with zero attached hydrogens (tertiary/aromatic N) is 2. The molecule has 7 nitrogen and oxygen atoms in total. The third-order valence-corrected chi connectivity index (χ3v) is 3.96. The van der Waals surface area contributed by atoms with E-state index in [0.29, 0.717) is 41.5 Å². The monoisotopic (exact) mass is 409 g/mol. The molecule has 0 radical (unpaired) electrons. The number of carbonyl (C=O) groups excluding carboxylic acids is 1. The first-order chi connectivity index (χ1) is 12.0. The number of nitrogen functional groups attached to an aromatic ring is 1. The van der Waals surface area contributed by atoms with E-state index in [9.17, 15) is 4.79 Å². The number of methoxy groups -OCH3 is 1. The first kappa shape index (κ1) is 19.1. The SMILES string of the molecule is CCOC(=O)c1c(C)nc(N)nc1-c1ccc(OCCOC)c(Br)c1. The van der Waals surface area contributed by atoms with Crippen molar-refractivity contribution in [2.45, 2.75) is 13.8 Å². The minimum absolute atomic E-state index is 0.0945. The van der Waals surface area contributed by atoms with E-state index < -0.39 is 5.97 Å². The summed E-state index contributed by atoms with van der Waals surface area (Å²) in [5, 5.41) is 0. The van der Waals surface area contributed by atoms with Crippen LogP contribution in [0.1, 0.15) is 23.0 Å². The molecule has 2 N–H and O–H groups in total. The van der Waals surface area contributed by atoms with Crippen LogP contribution < -0.4 is 10.5 Å². The summed E-state index contributed by atoms with van der Waals surface area (Å²) in [6.07, 6.45) is 0. The average Bonchev–Trinajstić information content (AvgIpc) is 2.55. The van der Waals surface area contributed by atoms with Gasteiger partial charge in [0, 0.05) is 12.7 Å². The number of hydrogen-bond donors (Lipinski definition) is 1. The van der Waals surface area contributed by atoms with Crippen molar-refractivity contribution < 1.29 is 19.0 Å². The highest BCUT2D eigenvalue weighted by Gasteiger charge is 2.21. The molecule has 1 heterocycles. The number of anilines is 1. The Hall–Kier alpha value is -2.19. The minimum Gasteiger partial charge on any atom is -0.490 e. The number of rotatable bonds is 7. The second kappa shape index (κ2) is 8.77. The van der Waals surface area contributed by atoms with Gasteiger partial charge in [0.05, 0.1) is 29.1 Å². The largest absolute Gasteiger partial charge is 0.490 e. The first-order valence-corrected chi connectivity index (χ1v) is 8.50. The van der Waals surface area contributed by atoms with Crippen LogP contribution in [0.3, 0.4) is 0 Å². The number of benzene rings is 1. The first-order valence-electron chi connectivity index (χ1n) is 7.70. The molecule has 0 saturated carbocycles. The maximum atomic E-state index is 12.3. The number of halogens is 1. The van der Waals surface area contributed by atoms with Crippen molar-refractivity contribution in [3.05, 3.63) is 33.9 Å². The van der Waals surface area contributed by atoms with Crippen LogP contribution in [0.2, 0.25) is 0 Å². The summed E-state index contributed by atoms with van der Waals surface area (Å²) in [6.45, 7) is 4.63. The van der Waals surface area contributed by atoms with Crippen molar-refractivity contribution in [1.29, 1.82) is 0 Å². The highest BCUT2D eigenvalue weighted by atomic mass is 79.9.